The fourth-order valence-corrected chi connectivity index (χ4v) is 2.09. The number of methoxy groups -OCH3 is 1. The smallest absolute Gasteiger partial charge is 0.305 e. The summed E-state index contributed by atoms with van der Waals surface area (Å²) in [4.78, 5) is 24.6. The van der Waals surface area contributed by atoms with Crippen LogP contribution in [-0.2, 0) is 20.9 Å². The quantitative estimate of drug-likeness (QED) is 0.571. The molecule has 1 aromatic rings. The van der Waals surface area contributed by atoms with E-state index < -0.39 is 0 Å². The molecule has 1 aromatic carbocycles. The van der Waals surface area contributed by atoms with Gasteiger partial charge in [-0.25, -0.2) is 0 Å². The molecule has 0 spiro atoms. The lowest BCUT2D eigenvalue weighted by molar-refractivity contribution is -0.140. The predicted molar refractivity (Wildman–Crippen MR) is 84.7 cm³/mol. The van der Waals surface area contributed by atoms with Crippen molar-refractivity contribution in [3.05, 3.63) is 34.3 Å². The molecule has 0 aliphatic rings. The first-order chi connectivity index (χ1) is 10.0. The standard InChI is InChI=1S/C15H21BrN2O3/c1-18(10-12-5-7-13(16)8-6-12)11-14(19)17-9-3-4-15(20)21-2/h5-8H,3-4,9-11H2,1-2H3,(H,17,19). The fraction of sp³-hybridized carbons (Fsp3) is 0.467. The second-order valence-corrected chi connectivity index (χ2v) is 5.74. The molecule has 21 heavy (non-hydrogen) atoms. The molecule has 0 fully saturated rings. The normalized spacial score (nSPS) is 10.5. The number of amides is 1. The summed E-state index contributed by atoms with van der Waals surface area (Å²) < 4.78 is 5.57. The molecule has 116 valence electrons. The lowest BCUT2D eigenvalue weighted by Gasteiger charge is -2.16. The number of carbonyl (C=O) groups excluding carboxylic acids is 2. The topological polar surface area (TPSA) is 58.6 Å². The number of esters is 1. The summed E-state index contributed by atoms with van der Waals surface area (Å²) in [6.07, 6.45) is 0.917. The van der Waals surface area contributed by atoms with E-state index >= 15 is 0 Å². The molecule has 1 amide bonds. The molecule has 0 aromatic heterocycles. The maximum absolute atomic E-state index is 11.7. The van der Waals surface area contributed by atoms with Crippen molar-refractivity contribution in [1.82, 2.24) is 10.2 Å². The molecule has 0 unspecified atom stereocenters. The molecule has 0 bridgehead atoms. The molecule has 5 nitrogen and oxygen atoms in total. The van der Waals surface area contributed by atoms with E-state index in [-0.39, 0.29) is 11.9 Å². The van der Waals surface area contributed by atoms with E-state index in [0.717, 1.165) is 10.0 Å². The van der Waals surface area contributed by atoms with Crippen LogP contribution in [0.15, 0.2) is 28.7 Å². The number of carbonyl (C=O) groups is 2. The third-order valence-corrected chi connectivity index (χ3v) is 3.42. The highest BCUT2D eigenvalue weighted by Gasteiger charge is 2.07. The van der Waals surface area contributed by atoms with Crippen LogP contribution in [0.3, 0.4) is 0 Å². The third-order valence-electron chi connectivity index (χ3n) is 2.89. The number of benzene rings is 1. The summed E-state index contributed by atoms with van der Waals surface area (Å²) in [5, 5.41) is 2.79. The highest BCUT2D eigenvalue weighted by molar-refractivity contribution is 9.10. The summed E-state index contributed by atoms with van der Waals surface area (Å²) >= 11 is 3.39. The predicted octanol–water partition coefficient (Wildman–Crippen LogP) is 1.95. The number of ether oxygens (including phenoxy) is 1. The zero-order valence-electron chi connectivity index (χ0n) is 12.4. The molecule has 0 heterocycles. The molecule has 0 saturated carbocycles. The van der Waals surface area contributed by atoms with Crippen LogP contribution in [-0.4, -0.2) is 44.0 Å². The summed E-state index contributed by atoms with van der Waals surface area (Å²) in [5.74, 6) is -0.295. The SMILES string of the molecule is COC(=O)CCCNC(=O)CN(C)Cc1ccc(Br)cc1. The van der Waals surface area contributed by atoms with Crippen molar-refractivity contribution in [2.75, 3.05) is 27.2 Å². The summed E-state index contributed by atoms with van der Waals surface area (Å²) in [6.45, 7) is 1.53. The molecular weight excluding hydrogens is 336 g/mol. The van der Waals surface area contributed by atoms with Gasteiger partial charge in [0, 0.05) is 24.0 Å². The van der Waals surface area contributed by atoms with E-state index in [2.05, 4.69) is 26.0 Å². The van der Waals surface area contributed by atoms with Crippen molar-refractivity contribution < 1.29 is 14.3 Å². The molecule has 6 heteroatoms. The Balaban J connectivity index is 2.21. The second-order valence-electron chi connectivity index (χ2n) is 4.83. The van der Waals surface area contributed by atoms with Crippen molar-refractivity contribution in [2.45, 2.75) is 19.4 Å². The average molecular weight is 357 g/mol. The van der Waals surface area contributed by atoms with E-state index in [1.54, 1.807) is 0 Å². The van der Waals surface area contributed by atoms with Crippen molar-refractivity contribution in [3.63, 3.8) is 0 Å². The Bertz CT molecular complexity index is 462. The number of hydrogen-bond donors (Lipinski definition) is 1. The van der Waals surface area contributed by atoms with Crippen LogP contribution in [0.2, 0.25) is 0 Å². The van der Waals surface area contributed by atoms with Gasteiger partial charge in [-0.1, -0.05) is 28.1 Å². The summed E-state index contributed by atoms with van der Waals surface area (Å²) in [6, 6.07) is 8.01. The van der Waals surface area contributed by atoms with Crippen LogP contribution < -0.4 is 5.32 Å². The van der Waals surface area contributed by atoms with Gasteiger partial charge in [0.25, 0.3) is 0 Å². The van der Waals surface area contributed by atoms with E-state index in [1.807, 2.05) is 36.2 Å². The molecule has 0 saturated heterocycles. The number of likely N-dealkylation sites (N-methyl/N-ethyl adjacent to an activating group) is 1. The van der Waals surface area contributed by atoms with Crippen LogP contribution in [0.1, 0.15) is 18.4 Å². The van der Waals surface area contributed by atoms with Crippen LogP contribution in [0, 0.1) is 0 Å². The lowest BCUT2D eigenvalue weighted by Crippen LogP contribution is -2.35. The zero-order valence-corrected chi connectivity index (χ0v) is 14.0. The van der Waals surface area contributed by atoms with E-state index in [0.29, 0.717) is 32.5 Å². The molecule has 0 radical (unpaired) electrons. The Kier molecular flexibility index (Phi) is 8.00. The first kappa shape index (κ1) is 17.7. The Morgan fingerprint density at radius 3 is 2.57 bits per heavy atom. The molecule has 0 aliphatic carbocycles. The second kappa shape index (κ2) is 9.52. The van der Waals surface area contributed by atoms with Gasteiger partial charge in [-0.3, -0.25) is 14.5 Å². The molecular formula is C15H21BrN2O3. The third kappa shape index (κ3) is 7.82. The van der Waals surface area contributed by atoms with Gasteiger partial charge in [-0.15, -0.1) is 0 Å². The Hall–Kier alpha value is -1.40. The largest absolute Gasteiger partial charge is 0.469 e. The number of hydrogen-bond acceptors (Lipinski definition) is 4. The zero-order chi connectivity index (χ0) is 15.7. The molecule has 0 atom stereocenters. The molecule has 1 rings (SSSR count). The van der Waals surface area contributed by atoms with Gasteiger partial charge in [-0.05, 0) is 31.2 Å². The number of rotatable bonds is 8. The fourth-order valence-electron chi connectivity index (χ4n) is 1.82. The van der Waals surface area contributed by atoms with E-state index in [9.17, 15) is 9.59 Å². The highest BCUT2D eigenvalue weighted by atomic mass is 79.9. The monoisotopic (exact) mass is 356 g/mol. The minimum absolute atomic E-state index is 0.0422. The maximum Gasteiger partial charge on any atom is 0.305 e. The summed E-state index contributed by atoms with van der Waals surface area (Å²) in [7, 11) is 3.26. The first-order valence-electron chi connectivity index (χ1n) is 6.77. The maximum atomic E-state index is 11.7. The Labute approximate surface area is 133 Å². The van der Waals surface area contributed by atoms with Gasteiger partial charge in [0.2, 0.25) is 5.91 Å². The van der Waals surface area contributed by atoms with Gasteiger partial charge in [0.05, 0.1) is 13.7 Å². The van der Waals surface area contributed by atoms with Crippen LogP contribution in [0.4, 0.5) is 0 Å². The van der Waals surface area contributed by atoms with Crippen molar-refractivity contribution in [2.24, 2.45) is 0 Å². The number of nitrogens with zero attached hydrogens (tertiary/aromatic N) is 1. The van der Waals surface area contributed by atoms with Crippen LogP contribution in [0.5, 0.6) is 0 Å². The first-order valence-corrected chi connectivity index (χ1v) is 7.57. The van der Waals surface area contributed by atoms with Gasteiger partial charge in [0.15, 0.2) is 0 Å². The minimum atomic E-state index is -0.253. The molecule has 0 aliphatic heterocycles. The van der Waals surface area contributed by atoms with E-state index in [4.69, 9.17) is 0 Å². The number of halogens is 1. The Morgan fingerprint density at radius 1 is 1.29 bits per heavy atom. The van der Waals surface area contributed by atoms with Crippen LogP contribution in [0.25, 0.3) is 0 Å². The van der Waals surface area contributed by atoms with Crippen LogP contribution >= 0.6 is 15.9 Å². The lowest BCUT2D eigenvalue weighted by atomic mass is 10.2. The summed E-state index contributed by atoms with van der Waals surface area (Å²) in [5.41, 5.74) is 1.15. The van der Waals surface area contributed by atoms with Gasteiger partial charge in [-0.2, -0.15) is 0 Å². The average Bonchev–Trinajstić information content (AvgIpc) is 2.45. The van der Waals surface area contributed by atoms with Crippen molar-refractivity contribution in [3.8, 4) is 0 Å². The Morgan fingerprint density at radius 2 is 1.95 bits per heavy atom. The number of nitrogens with one attached hydrogen (secondary N) is 1. The minimum Gasteiger partial charge on any atom is -0.469 e. The van der Waals surface area contributed by atoms with Crippen molar-refractivity contribution >= 4 is 27.8 Å². The van der Waals surface area contributed by atoms with Gasteiger partial charge < -0.3 is 10.1 Å². The van der Waals surface area contributed by atoms with Gasteiger partial charge >= 0.3 is 5.97 Å². The van der Waals surface area contributed by atoms with Gasteiger partial charge in [0.1, 0.15) is 0 Å². The highest BCUT2D eigenvalue weighted by Crippen LogP contribution is 2.11. The molecule has 1 N–H and O–H groups in total. The van der Waals surface area contributed by atoms with E-state index in [1.165, 1.54) is 7.11 Å². The van der Waals surface area contributed by atoms with Crippen molar-refractivity contribution in [1.29, 1.82) is 0 Å².